The maximum atomic E-state index is 2.63. The Balaban J connectivity index is 1.38. The molecule has 50 heavy (non-hydrogen) atoms. The van der Waals surface area contributed by atoms with E-state index in [1.165, 1.54) is 77.8 Å². The summed E-state index contributed by atoms with van der Waals surface area (Å²) in [6, 6.07) is 37.3. The Labute approximate surface area is 297 Å². The van der Waals surface area contributed by atoms with E-state index in [0.29, 0.717) is 0 Å². The Morgan fingerprint density at radius 3 is 2.14 bits per heavy atom. The van der Waals surface area contributed by atoms with E-state index in [1.807, 2.05) is 0 Å². The molecule has 2 aromatic heterocycles. The summed E-state index contributed by atoms with van der Waals surface area (Å²) in [6.07, 6.45) is 10.6. The highest BCUT2D eigenvalue weighted by molar-refractivity contribution is 5.99. The number of hydrogen-bond donors (Lipinski definition) is 0. The van der Waals surface area contributed by atoms with E-state index in [1.54, 1.807) is 0 Å². The van der Waals surface area contributed by atoms with Crippen LogP contribution in [0, 0.1) is 0 Å². The number of benzene rings is 4. The van der Waals surface area contributed by atoms with Crippen molar-refractivity contribution < 1.29 is 9.13 Å². The maximum absolute atomic E-state index is 2.63. The van der Waals surface area contributed by atoms with Crippen molar-refractivity contribution in [2.24, 2.45) is 0 Å². The standard InChI is InChI=1S/C48H48N2/c1-45(2,3)33-20-18-32-15-13-25-48(50-27-24-34(46(4,5)6)29-41(50)38(32)28-33)30-49-26-12-11-17-40(49)42-39(48)23-22-37-36-21-19-31-14-9-10-16-35(31)43(36)47(7,8)44(37)42/h9-14,16-29H,15,30H2,1-8H3/q+2/b25-13+. The third kappa shape index (κ3) is 4.33. The second-order valence-corrected chi connectivity index (χ2v) is 17.5. The molecule has 2 nitrogen and oxygen atoms in total. The van der Waals surface area contributed by atoms with Crippen LogP contribution in [0.1, 0.15) is 88.8 Å². The lowest BCUT2D eigenvalue weighted by Crippen LogP contribution is -2.66. The monoisotopic (exact) mass is 652 g/mol. The van der Waals surface area contributed by atoms with Gasteiger partial charge in [-0.3, -0.25) is 0 Å². The van der Waals surface area contributed by atoms with Gasteiger partial charge in [0.2, 0.25) is 17.9 Å². The number of pyridine rings is 2. The zero-order chi connectivity index (χ0) is 34.8. The molecular formula is C48H48N2+2. The zero-order valence-electron chi connectivity index (χ0n) is 30.9. The first-order chi connectivity index (χ1) is 23.8. The molecule has 0 saturated carbocycles. The Morgan fingerprint density at radius 1 is 0.620 bits per heavy atom. The van der Waals surface area contributed by atoms with Crippen LogP contribution in [0.5, 0.6) is 0 Å². The zero-order valence-corrected chi connectivity index (χ0v) is 30.9. The summed E-state index contributed by atoms with van der Waals surface area (Å²) in [5.41, 5.74) is 15.9. The molecule has 1 atom stereocenters. The lowest BCUT2D eigenvalue weighted by molar-refractivity contribution is -0.807. The SMILES string of the molecule is CC(C)(C)c1ccc2c(c1)-c1cc(C(C)(C)C)cc[n+]1C1(/C=C/C2)C[n+]2ccccc2-c2c1ccc1c2C(C)(C)c2c-1ccc1ccccc21. The molecule has 0 fully saturated rings. The van der Waals surface area contributed by atoms with Gasteiger partial charge >= 0.3 is 0 Å². The van der Waals surface area contributed by atoms with E-state index in [2.05, 4.69) is 186 Å². The maximum Gasteiger partial charge on any atom is 0.271 e. The first-order valence-corrected chi connectivity index (χ1v) is 18.4. The molecule has 0 radical (unpaired) electrons. The van der Waals surface area contributed by atoms with E-state index in [-0.39, 0.29) is 16.2 Å². The van der Waals surface area contributed by atoms with Gasteiger partial charge in [0.05, 0.1) is 5.56 Å². The minimum atomic E-state index is -0.433. The molecule has 0 saturated heterocycles. The topological polar surface area (TPSA) is 7.76 Å². The fraction of sp³-hybridized carbons (Fsp3) is 0.292. The van der Waals surface area contributed by atoms with E-state index in [4.69, 9.17) is 0 Å². The number of rotatable bonds is 0. The van der Waals surface area contributed by atoms with Crippen molar-refractivity contribution in [1.29, 1.82) is 0 Å². The van der Waals surface area contributed by atoms with E-state index >= 15 is 0 Å². The average molecular weight is 653 g/mol. The molecule has 9 rings (SSSR count). The van der Waals surface area contributed by atoms with E-state index in [0.717, 1.165) is 13.0 Å². The molecule has 0 N–H and O–H groups in total. The van der Waals surface area contributed by atoms with Crippen molar-refractivity contribution in [1.82, 2.24) is 0 Å². The normalized spacial score (nSPS) is 19.0. The van der Waals surface area contributed by atoms with Gasteiger partial charge in [-0.1, -0.05) is 116 Å². The lowest BCUT2D eigenvalue weighted by atomic mass is 9.72. The van der Waals surface area contributed by atoms with Crippen LogP contribution in [0.15, 0.2) is 122 Å². The molecular weight excluding hydrogens is 605 g/mol. The Bertz CT molecular complexity index is 2430. The molecule has 0 bridgehead atoms. The summed E-state index contributed by atoms with van der Waals surface area (Å²) in [5.74, 6) is 0. The van der Waals surface area contributed by atoms with Gasteiger partial charge in [0.25, 0.3) is 5.54 Å². The summed E-state index contributed by atoms with van der Waals surface area (Å²) in [7, 11) is 0. The van der Waals surface area contributed by atoms with Gasteiger partial charge in [-0.15, -0.1) is 0 Å². The molecule has 1 spiro atoms. The van der Waals surface area contributed by atoms with Crippen LogP contribution >= 0.6 is 0 Å². The van der Waals surface area contributed by atoms with Gasteiger partial charge in [0.1, 0.15) is 0 Å². The summed E-state index contributed by atoms with van der Waals surface area (Å²) in [4.78, 5) is 0. The number of allylic oxidation sites excluding steroid dienone is 2. The summed E-state index contributed by atoms with van der Waals surface area (Å²) in [6.45, 7) is 19.7. The van der Waals surface area contributed by atoms with Crippen LogP contribution in [0.3, 0.4) is 0 Å². The molecule has 4 heterocycles. The highest BCUT2D eigenvalue weighted by Gasteiger charge is 2.55. The highest BCUT2D eigenvalue weighted by Crippen LogP contribution is 2.56. The van der Waals surface area contributed by atoms with Crippen LogP contribution in [0.4, 0.5) is 0 Å². The largest absolute Gasteiger partial charge is 0.271 e. The second kappa shape index (κ2) is 10.4. The first kappa shape index (κ1) is 31.2. The van der Waals surface area contributed by atoms with Crippen LogP contribution in [-0.4, -0.2) is 0 Å². The molecule has 4 aromatic carbocycles. The number of aromatic nitrogens is 2. The second-order valence-electron chi connectivity index (χ2n) is 17.5. The Hall–Kier alpha value is -4.82. The van der Waals surface area contributed by atoms with Crippen LogP contribution in [0.2, 0.25) is 0 Å². The lowest BCUT2D eigenvalue weighted by Gasteiger charge is -2.35. The molecule has 248 valence electrons. The smallest absolute Gasteiger partial charge is 0.190 e. The molecule has 0 amide bonds. The van der Waals surface area contributed by atoms with Gasteiger partial charge < -0.3 is 0 Å². The molecule has 3 aliphatic rings. The van der Waals surface area contributed by atoms with Crippen molar-refractivity contribution in [3.8, 4) is 33.6 Å². The van der Waals surface area contributed by atoms with E-state index in [9.17, 15) is 0 Å². The summed E-state index contributed by atoms with van der Waals surface area (Å²) in [5, 5.41) is 2.67. The predicted octanol–water partition coefficient (Wildman–Crippen LogP) is 10.5. The number of nitrogens with zero attached hydrogens (tertiary/aromatic N) is 2. The number of hydrogen-bond acceptors (Lipinski definition) is 0. The quantitative estimate of drug-likeness (QED) is 0.114. The van der Waals surface area contributed by atoms with Gasteiger partial charge in [-0.25, -0.2) is 0 Å². The third-order valence-corrected chi connectivity index (χ3v) is 12.0. The molecule has 6 aromatic rings. The van der Waals surface area contributed by atoms with Crippen LogP contribution in [-0.2, 0) is 34.7 Å². The Kier molecular flexibility index (Phi) is 6.46. The van der Waals surface area contributed by atoms with Gasteiger partial charge in [-0.2, -0.15) is 9.13 Å². The molecule has 2 aliphatic heterocycles. The molecule has 2 heteroatoms. The highest BCUT2D eigenvalue weighted by atomic mass is 15.1. The molecule has 1 aliphatic carbocycles. The van der Waals surface area contributed by atoms with Crippen LogP contribution in [0.25, 0.3) is 44.4 Å². The third-order valence-electron chi connectivity index (χ3n) is 12.0. The van der Waals surface area contributed by atoms with Crippen LogP contribution < -0.4 is 9.13 Å². The van der Waals surface area contributed by atoms with Gasteiger partial charge in [0.15, 0.2) is 12.4 Å². The average Bonchev–Trinajstić information content (AvgIpc) is 3.33. The van der Waals surface area contributed by atoms with Crippen molar-refractivity contribution in [3.05, 3.63) is 155 Å². The Morgan fingerprint density at radius 2 is 1.34 bits per heavy atom. The van der Waals surface area contributed by atoms with Crippen molar-refractivity contribution in [2.45, 2.75) is 90.1 Å². The van der Waals surface area contributed by atoms with E-state index < -0.39 is 5.54 Å². The van der Waals surface area contributed by atoms with Crippen molar-refractivity contribution in [2.75, 3.05) is 0 Å². The van der Waals surface area contributed by atoms with Gasteiger partial charge in [0, 0.05) is 40.8 Å². The molecule has 1 unspecified atom stereocenters. The fourth-order valence-corrected chi connectivity index (χ4v) is 9.37. The summed E-state index contributed by atoms with van der Waals surface area (Å²) < 4.78 is 5.15. The van der Waals surface area contributed by atoms with Crippen molar-refractivity contribution in [3.63, 3.8) is 0 Å². The first-order valence-electron chi connectivity index (χ1n) is 18.4. The summed E-state index contributed by atoms with van der Waals surface area (Å²) >= 11 is 0. The minimum absolute atomic E-state index is 0.0218. The predicted molar refractivity (Wildman–Crippen MR) is 207 cm³/mol. The van der Waals surface area contributed by atoms with Gasteiger partial charge in [-0.05, 0) is 91.2 Å². The van der Waals surface area contributed by atoms with Crippen molar-refractivity contribution >= 4 is 10.8 Å². The fourth-order valence-electron chi connectivity index (χ4n) is 9.37. The number of fused-ring (bicyclic) bond motifs is 14. The minimum Gasteiger partial charge on any atom is -0.190 e.